The van der Waals surface area contributed by atoms with Gasteiger partial charge in [-0.1, -0.05) is 28.1 Å². The van der Waals surface area contributed by atoms with Gasteiger partial charge in [0.2, 0.25) is 0 Å². The number of hydrogen-bond acceptors (Lipinski definition) is 5. The Morgan fingerprint density at radius 2 is 2.15 bits per heavy atom. The molecule has 1 aromatic carbocycles. The van der Waals surface area contributed by atoms with Crippen molar-refractivity contribution >= 4 is 38.2 Å². The summed E-state index contributed by atoms with van der Waals surface area (Å²) >= 11 is 4.81. The second-order valence-electron chi connectivity index (χ2n) is 4.17. The van der Waals surface area contributed by atoms with E-state index < -0.39 is 0 Å². The number of nitrogens with zero attached hydrogens (tertiary/aromatic N) is 1. The molecule has 2 rings (SSSR count). The van der Waals surface area contributed by atoms with Gasteiger partial charge in [-0.05, 0) is 31.5 Å². The summed E-state index contributed by atoms with van der Waals surface area (Å²) in [6, 6.07) is 8.13. The molecule has 0 bridgehead atoms. The monoisotopic (exact) mass is 354 g/mol. The van der Waals surface area contributed by atoms with E-state index in [2.05, 4.69) is 26.2 Å². The van der Waals surface area contributed by atoms with Crippen LogP contribution in [0.1, 0.15) is 35.9 Å². The van der Waals surface area contributed by atoms with Gasteiger partial charge in [-0.15, -0.1) is 11.3 Å². The van der Waals surface area contributed by atoms with Crippen LogP contribution in [-0.2, 0) is 4.74 Å². The zero-order valence-corrected chi connectivity index (χ0v) is 13.6. The number of thiazole rings is 1. The fourth-order valence-electron chi connectivity index (χ4n) is 1.72. The summed E-state index contributed by atoms with van der Waals surface area (Å²) in [6.45, 7) is 4.16. The highest BCUT2D eigenvalue weighted by molar-refractivity contribution is 9.10. The SMILES string of the molecule is CCOC(=O)c1ncsc1NC(C)c1ccc(Br)cc1. The Morgan fingerprint density at radius 1 is 1.45 bits per heavy atom. The molecular formula is C14H15BrN2O2S. The highest BCUT2D eigenvalue weighted by Crippen LogP contribution is 2.27. The number of carbonyl (C=O) groups is 1. The van der Waals surface area contributed by atoms with E-state index in [1.807, 2.05) is 31.2 Å². The van der Waals surface area contributed by atoms with Crippen molar-refractivity contribution in [3.05, 3.63) is 45.5 Å². The number of aromatic nitrogens is 1. The molecule has 6 heteroatoms. The van der Waals surface area contributed by atoms with E-state index >= 15 is 0 Å². The predicted octanol–water partition coefficient (Wildman–Crippen LogP) is 4.26. The van der Waals surface area contributed by atoms with E-state index in [0.29, 0.717) is 12.3 Å². The highest BCUT2D eigenvalue weighted by Gasteiger charge is 2.17. The van der Waals surface area contributed by atoms with Crippen LogP contribution in [0.25, 0.3) is 0 Å². The Hall–Kier alpha value is -1.40. The van der Waals surface area contributed by atoms with Gasteiger partial charge in [0, 0.05) is 10.5 Å². The minimum Gasteiger partial charge on any atom is -0.461 e. The van der Waals surface area contributed by atoms with Crippen LogP contribution in [-0.4, -0.2) is 17.6 Å². The number of halogens is 1. The summed E-state index contributed by atoms with van der Waals surface area (Å²) in [6.07, 6.45) is 0. The van der Waals surface area contributed by atoms with Crippen molar-refractivity contribution in [3.8, 4) is 0 Å². The summed E-state index contributed by atoms with van der Waals surface area (Å²) in [4.78, 5) is 15.8. The quantitative estimate of drug-likeness (QED) is 0.815. The van der Waals surface area contributed by atoms with Gasteiger partial charge >= 0.3 is 5.97 Å². The molecule has 0 aliphatic rings. The topological polar surface area (TPSA) is 51.2 Å². The second-order valence-corrected chi connectivity index (χ2v) is 5.94. The number of hydrogen-bond donors (Lipinski definition) is 1. The summed E-state index contributed by atoms with van der Waals surface area (Å²) in [7, 11) is 0. The molecule has 0 spiro atoms. The molecule has 0 fully saturated rings. The smallest absolute Gasteiger partial charge is 0.360 e. The lowest BCUT2D eigenvalue weighted by Crippen LogP contribution is -2.11. The van der Waals surface area contributed by atoms with Gasteiger partial charge in [-0.3, -0.25) is 0 Å². The average molecular weight is 355 g/mol. The van der Waals surface area contributed by atoms with Crippen LogP contribution in [0, 0.1) is 0 Å². The number of ether oxygens (including phenoxy) is 1. The molecular weight excluding hydrogens is 340 g/mol. The normalized spacial score (nSPS) is 11.9. The van der Waals surface area contributed by atoms with Crippen LogP contribution in [0.15, 0.2) is 34.2 Å². The Bertz CT molecular complexity index is 583. The Labute approximate surface area is 130 Å². The maximum atomic E-state index is 11.8. The molecule has 1 atom stereocenters. The number of anilines is 1. The third-order valence-electron chi connectivity index (χ3n) is 2.75. The lowest BCUT2D eigenvalue weighted by molar-refractivity contribution is 0.0521. The Balaban J connectivity index is 2.12. The molecule has 1 N–H and O–H groups in total. The number of carbonyl (C=O) groups excluding carboxylic acids is 1. The molecule has 1 aromatic heterocycles. The fourth-order valence-corrected chi connectivity index (χ4v) is 2.75. The molecule has 0 aliphatic heterocycles. The van der Waals surface area contributed by atoms with Crippen LogP contribution in [0.4, 0.5) is 5.00 Å². The minimum atomic E-state index is -0.390. The van der Waals surface area contributed by atoms with E-state index in [0.717, 1.165) is 15.0 Å². The standard InChI is InChI=1S/C14H15BrN2O2S/c1-3-19-14(18)12-13(20-8-16-12)17-9(2)10-4-6-11(15)7-5-10/h4-9,17H,3H2,1-2H3. The van der Waals surface area contributed by atoms with Gasteiger partial charge in [-0.2, -0.15) is 0 Å². The lowest BCUT2D eigenvalue weighted by atomic mass is 10.1. The first-order chi connectivity index (χ1) is 9.61. The first-order valence-electron chi connectivity index (χ1n) is 6.24. The van der Waals surface area contributed by atoms with Crippen molar-refractivity contribution in [2.24, 2.45) is 0 Å². The van der Waals surface area contributed by atoms with Crippen molar-refractivity contribution in [3.63, 3.8) is 0 Å². The predicted molar refractivity (Wildman–Crippen MR) is 84.3 cm³/mol. The van der Waals surface area contributed by atoms with Crippen molar-refractivity contribution in [2.75, 3.05) is 11.9 Å². The van der Waals surface area contributed by atoms with Crippen LogP contribution >= 0.6 is 27.3 Å². The van der Waals surface area contributed by atoms with Crippen LogP contribution < -0.4 is 5.32 Å². The summed E-state index contributed by atoms with van der Waals surface area (Å²) in [5.41, 5.74) is 3.13. The molecule has 20 heavy (non-hydrogen) atoms. The third kappa shape index (κ3) is 3.58. The van der Waals surface area contributed by atoms with Gasteiger partial charge < -0.3 is 10.1 Å². The largest absolute Gasteiger partial charge is 0.461 e. The van der Waals surface area contributed by atoms with Crippen molar-refractivity contribution in [1.82, 2.24) is 4.98 Å². The molecule has 4 nitrogen and oxygen atoms in total. The first-order valence-corrected chi connectivity index (χ1v) is 7.91. The number of rotatable bonds is 5. The molecule has 0 radical (unpaired) electrons. The lowest BCUT2D eigenvalue weighted by Gasteiger charge is -2.15. The maximum Gasteiger partial charge on any atom is 0.360 e. The third-order valence-corrected chi connectivity index (χ3v) is 4.04. The van der Waals surface area contributed by atoms with Gasteiger partial charge in [0.15, 0.2) is 5.69 Å². The van der Waals surface area contributed by atoms with Crippen LogP contribution in [0.5, 0.6) is 0 Å². The zero-order chi connectivity index (χ0) is 14.5. The molecule has 1 unspecified atom stereocenters. The van der Waals surface area contributed by atoms with Crippen LogP contribution in [0.2, 0.25) is 0 Å². The van der Waals surface area contributed by atoms with Gasteiger partial charge in [-0.25, -0.2) is 9.78 Å². The van der Waals surface area contributed by atoms with Crippen molar-refractivity contribution < 1.29 is 9.53 Å². The van der Waals surface area contributed by atoms with E-state index in [-0.39, 0.29) is 12.0 Å². The Kier molecular flexibility index (Phi) is 5.14. The number of esters is 1. The molecule has 1 heterocycles. The maximum absolute atomic E-state index is 11.8. The van der Waals surface area contributed by atoms with E-state index in [1.165, 1.54) is 11.3 Å². The molecule has 0 amide bonds. The second kappa shape index (κ2) is 6.85. The molecule has 0 saturated carbocycles. The van der Waals surface area contributed by atoms with E-state index in [4.69, 9.17) is 4.74 Å². The fraction of sp³-hybridized carbons (Fsp3) is 0.286. The zero-order valence-electron chi connectivity index (χ0n) is 11.2. The average Bonchev–Trinajstić information content (AvgIpc) is 2.88. The molecule has 0 saturated heterocycles. The molecule has 106 valence electrons. The highest BCUT2D eigenvalue weighted by atomic mass is 79.9. The van der Waals surface area contributed by atoms with Crippen molar-refractivity contribution in [1.29, 1.82) is 0 Å². The van der Waals surface area contributed by atoms with E-state index in [9.17, 15) is 4.79 Å². The molecule has 0 aliphatic carbocycles. The van der Waals surface area contributed by atoms with E-state index in [1.54, 1.807) is 12.4 Å². The van der Waals surface area contributed by atoms with Gasteiger partial charge in [0.1, 0.15) is 5.00 Å². The van der Waals surface area contributed by atoms with Gasteiger partial charge in [0.25, 0.3) is 0 Å². The summed E-state index contributed by atoms with van der Waals surface area (Å²) in [5.74, 6) is -0.390. The van der Waals surface area contributed by atoms with Crippen LogP contribution in [0.3, 0.4) is 0 Å². The Morgan fingerprint density at radius 3 is 2.80 bits per heavy atom. The number of benzene rings is 1. The van der Waals surface area contributed by atoms with Gasteiger partial charge in [0.05, 0.1) is 12.1 Å². The summed E-state index contributed by atoms with van der Waals surface area (Å²) in [5, 5.41) is 4.04. The first kappa shape index (κ1) is 15.0. The minimum absolute atomic E-state index is 0.0803. The summed E-state index contributed by atoms with van der Waals surface area (Å²) < 4.78 is 6.03. The number of nitrogens with one attached hydrogen (secondary N) is 1. The van der Waals surface area contributed by atoms with Crippen molar-refractivity contribution in [2.45, 2.75) is 19.9 Å². The molecule has 2 aromatic rings.